The van der Waals surface area contributed by atoms with Gasteiger partial charge >= 0.3 is 12.0 Å². The van der Waals surface area contributed by atoms with E-state index in [0.29, 0.717) is 12.3 Å². The second-order valence-corrected chi connectivity index (χ2v) is 5.32. The first-order valence-corrected chi connectivity index (χ1v) is 6.88. The quantitative estimate of drug-likeness (QED) is 0.576. The number of ether oxygens (including phenoxy) is 1. The summed E-state index contributed by atoms with van der Waals surface area (Å²) in [5, 5.41) is 13.9. The summed E-state index contributed by atoms with van der Waals surface area (Å²) in [6.07, 6.45) is 1.55. The standard InChI is InChI=1S/C9H16N2O5S/c1-17(15)3-2-10-9(14)11-7-5-16-4-6(7)8(12)13/h6-7H,2-5H2,1H3,(H,12,13)(H2,10,11,14). The topological polar surface area (TPSA) is 105 Å². The molecule has 0 bridgehead atoms. The van der Waals surface area contributed by atoms with E-state index >= 15 is 0 Å². The molecular formula is C9H16N2O5S. The van der Waals surface area contributed by atoms with E-state index in [-0.39, 0.29) is 13.2 Å². The predicted molar refractivity (Wildman–Crippen MR) is 61.2 cm³/mol. The van der Waals surface area contributed by atoms with Crippen LogP contribution in [0.15, 0.2) is 0 Å². The van der Waals surface area contributed by atoms with E-state index in [0.717, 1.165) is 0 Å². The van der Waals surface area contributed by atoms with Gasteiger partial charge in [0.05, 0.1) is 19.3 Å². The van der Waals surface area contributed by atoms with Crippen LogP contribution in [0.5, 0.6) is 0 Å². The minimum Gasteiger partial charge on any atom is -0.481 e. The lowest BCUT2D eigenvalue weighted by Crippen LogP contribution is -2.47. The fraction of sp³-hybridized carbons (Fsp3) is 0.778. The zero-order chi connectivity index (χ0) is 12.8. The molecule has 3 N–H and O–H groups in total. The number of nitrogens with one attached hydrogen (secondary N) is 2. The van der Waals surface area contributed by atoms with E-state index < -0.39 is 34.8 Å². The maximum Gasteiger partial charge on any atom is 0.315 e. The minimum absolute atomic E-state index is 0.110. The van der Waals surface area contributed by atoms with Gasteiger partial charge in [0.1, 0.15) is 5.92 Å². The number of carboxylic acid groups (broad SMARTS) is 1. The first kappa shape index (κ1) is 13.9. The van der Waals surface area contributed by atoms with Crippen LogP contribution in [0, 0.1) is 5.92 Å². The second-order valence-electron chi connectivity index (χ2n) is 3.77. The Morgan fingerprint density at radius 2 is 2.18 bits per heavy atom. The average molecular weight is 264 g/mol. The van der Waals surface area contributed by atoms with Gasteiger partial charge in [-0.05, 0) is 0 Å². The Hall–Kier alpha value is -1.15. The Bertz CT molecular complexity index is 323. The van der Waals surface area contributed by atoms with E-state index in [1.807, 2.05) is 0 Å². The highest BCUT2D eigenvalue weighted by molar-refractivity contribution is 7.84. The molecule has 0 spiro atoms. The first-order chi connectivity index (χ1) is 8.00. The van der Waals surface area contributed by atoms with Crippen molar-refractivity contribution >= 4 is 22.8 Å². The molecule has 98 valence electrons. The van der Waals surface area contributed by atoms with Gasteiger partial charge in [0.2, 0.25) is 0 Å². The molecule has 0 aromatic carbocycles. The summed E-state index contributed by atoms with van der Waals surface area (Å²) in [6, 6.07) is -0.975. The zero-order valence-electron chi connectivity index (χ0n) is 9.47. The van der Waals surface area contributed by atoms with Gasteiger partial charge in [0.25, 0.3) is 0 Å². The normalized spacial score (nSPS) is 25.2. The van der Waals surface area contributed by atoms with Gasteiger partial charge in [-0.3, -0.25) is 9.00 Å². The van der Waals surface area contributed by atoms with E-state index in [9.17, 15) is 13.8 Å². The third-order valence-electron chi connectivity index (χ3n) is 2.39. The van der Waals surface area contributed by atoms with Crippen LogP contribution >= 0.6 is 0 Å². The number of urea groups is 1. The van der Waals surface area contributed by atoms with Crippen molar-refractivity contribution in [3.8, 4) is 0 Å². The van der Waals surface area contributed by atoms with Crippen molar-refractivity contribution in [3.05, 3.63) is 0 Å². The van der Waals surface area contributed by atoms with Crippen molar-refractivity contribution in [3.63, 3.8) is 0 Å². The lowest BCUT2D eigenvalue weighted by molar-refractivity contribution is -0.142. The van der Waals surface area contributed by atoms with E-state index in [1.54, 1.807) is 6.26 Å². The van der Waals surface area contributed by atoms with Crippen molar-refractivity contribution in [2.75, 3.05) is 31.8 Å². The molecule has 0 saturated carbocycles. The second kappa shape index (κ2) is 6.55. The molecule has 1 fully saturated rings. The fourth-order valence-electron chi connectivity index (χ4n) is 1.47. The Labute approximate surface area is 101 Å². The lowest BCUT2D eigenvalue weighted by atomic mass is 10.0. The summed E-state index contributed by atoms with van der Waals surface area (Å²) >= 11 is 0. The van der Waals surface area contributed by atoms with Gasteiger partial charge in [-0.1, -0.05) is 0 Å². The van der Waals surface area contributed by atoms with Crippen LogP contribution < -0.4 is 10.6 Å². The molecule has 1 rings (SSSR count). The monoisotopic (exact) mass is 264 g/mol. The van der Waals surface area contributed by atoms with Crippen molar-refractivity contribution in [1.29, 1.82) is 0 Å². The molecule has 17 heavy (non-hydrogen) atoms. The van der Waals surface area contributed by atoms with Crippen LogP contribution in [0.2, 0.25) is 0 Å². The number of rotatable bonds is 5. The summed E-state index contributed by atoms with van der Waals surface area (Å²) in [6.45, 7) is 0.601. The highest BCUT2D eigenvalue weighted by Crippen LogP contribution is 2.13. The molecule has 0 aliphatic carbocycles. The third kappa shape index (κ3) is 4.70. The SMILES string of the molecule is CS(=O)CCNC(=O)NC1COCC1C(=O)O. The number of carboxylic acids is 1. The Balaban J connectivity index is 2.30. The van der Waals surface area contributed by atoms with E-state index in [4.69, 9.17) is 9.84 Å². The summed E-state index contributed by atoms with van der Waals surface area (Å²) < 4.78 is 15.8. The van der Waals surface area contributed by atoms with Gasteiger partial charge in [0.15, 0.2) is 0 Å². The van der Waals surface area contributed by atoms with Crippen LogP contribution in [-0.2, 0) is 20.3 Å². The van der Waals surface area contributed by atoms with Crippen molar-refractivity contribution < 1.29 is 23.6 Å². The third-order valence-corrected chi connectivity index (χ3v) is 3.17. The molecule has 0 radical (unpaired) electrons. The fourth-order valence-corrected chi connectivity index (χ4v) is 1.86. The molecule has 3 atom stereocenters. The van der Waals surface area contributed by atoms with Gasteiger partial charge < -0.3 is 20.5 Å². The Morgan fingerprint density at radius 1 is 1.47 bits per heavy atom. The molecule has 1 heterocycles. The number of amides is 2. The molecular weight excluding hydrogens is 248 g/mol. The number of hydrogen-bond donors (Lipinski definition) is 3. The molecule has 1 saturated heterocycles. The van der Waals surface area contributed by atoms with Crippen LogP contribution in [0.4, 0.5) is 4.79 Å². The van der Waals surface area contributed by atoms with Crippen molar-refractivity contribution in [2.45, 2.75) is 6.04 Å². The first-order valence-electron chi connectivity index (χ1n) is 5.15. The number of aliphatic carboxylic acids is 1. The summed E-state index contributed by atoms with van der Waals surface area (Å²) in [4.78, 5) is 22.2. The minimum atomic E-state index is -0.984. The highest BCUT2D eigenvalue weighted by Gasteiger charge is 2.34. The lowest BCUT2D eigenvalue weighted by Gasteiger charge is -2.15. The van der Waals surface area contributed by atoms with Crippen LogP contribution in [-0.4, -0.2) is 59.1 Å². The number of carbonyl (C=O) groups is 2. The molecule has 0 aromatic heterocycles. The van der Waals surface area contributed by atoms with Gasteiger partial charge in [-0.25, -0.2) is 4.79 Å². The maximum atomic E-state index is 11.4. The average Bonchev–Trinajstić information content (AvgIpc) is 2.65. The van der Waals surface area contributed by atoms with Gasteiger partial charge in [0, 0.05) is 29.4 Å². The Morgan fingerprint density at radius 3 is 2.76 bits per heavy atom. The largest absolute Gasteiger partial charge is 0.481 e. The van der Waals surface area contributed by atoms with Gasteiger partial charge in [-0.15, -0.1) is 0 Å². The highest BCUT2D eigenvalue weighted by atomic mass is 32.2. The van der Waals surface area contributed by atoms with Gasteiger partial charge in [-0.2, -0.15) is 0 Å². The van der Waals surface area contributed by atoms with Crippen molar-refractivity contribution in [1.82, 2.24) is 10.6 Å². The van der Waals surface area contributed by atoms with Crippen LogP contribution in [0.1, 0.15) is 0 Å². The van der Waals surface area contributed by atoms with Crippen molar-refractivity contribution in [2.24, 2.45) is 5.92 Å². The predicted octanol–water partition coefficient (Wildman–Crippen LogP) is -1.24. The molecule has 1 aliphatic heterocycles. The molecule has 7 nitrogen and oxygen atoms in total. The summed E-state index contributed by atoms with van der Waals surface area (Å²) in [5.41, 5.74) is 0. The molecule has 3 unspecified atom stereocenters. The smallest absolute Gasteiger partial charge is 0.315 e. The molecule has 2 amide bonds. The Kier molecular flexibility index (Phi) is 5.36. The van der Waals surface area contributed by atoms with E-state index in [1.165, 1.54) is 0 Å². The summed E-state index contributed by atoms with van der Waals surface area (Å²) in [5.74, 6) is -1.32. The summed E-state index contributed by atoms with van der Waals surface area (Å²) in [7, 11) is -0.962. The molecule has 0 aromatic rings. The van der Waals surface area contributed by atoms with Crippen LogP contribution in [0.3, 0.4) is 0 Å². The van der Waals surface area contributed by atoms with Crippen LogP contribution in [0.25, 0.3) is 0 Å². The maximum absolute atomic E-state index is 11.4. The van der Waals surface area contributed by atoms with E-state index in [2.05, 4.69) is 10.6 Å². The molecule has 8 heteroatoms. The number of carbonyl (C=O) groups excluding carboxylic acids is 1. The zero-order valence-corrected chi connectivity index (χ0v) is 10.3. The molecule has 1 aliphatic rings. The number of hydrogen-bond acceptors (Lipinski definition) is 4.